The summed E-state index contributed by atoms with van der Waals surface area (Å²) >= 11 is 0. The first kappa shape index (κ1) is 15.1. The summed E-state index contributed by atoms with van der Waals surface area (Å²) < 4.78 is 12.5. The van der Waals surface area contributed by atoms with Crippen molar-refractivity contribution in [2.24, 2.45) is 0 Å². The van der Waals surface area contributed by atoms with Gasteiger partial charge in [-0.1, -0.05) is 30.3 Å². The van der Waals surface area contributed by atoms with Gasteiger partial charge in [0.25, 0.3) is 0 Å². The molecule has 1 heterocycles. The van der Waals surface area contributed by atoms with Gasteiger partial charge in [0.15, 0.2) is 0 Å². The second kappa shape index (κ2) is 8.07. The molecule has 0 radical (unpaired) electrons. The zero-order valence-corrected chi connectivity index (χ0v) is 12.1. The van der Waals surface area contributed by atoms with E-state index in [1.165, 1.54) is 6.92 Å². The molecule has 0 unspecified atom stereocenters. The number of hydrogen-bond donors (Lipinski definition) is 0. The predicted octanol–water partition coefficient (Wildman–Crippen LogP) is 3.24. The van der Waals surface area contributed by atoms with E-state index in [2.05, 4.69) is 0 Å². The summed E-state index contributed by atoms with van der Waals surface area (Å²) in [7, 11) is 0. The normalized spacial score (nSPS) is 10.9. The second-order valence-electron chi connectivity index (χ2n) is 4.57. The van der Waals surface area contributed by atoms with Gasteiger partial charge >= 0.3 is 5.97 Å². The van der Waals surface area contributed by atoms with Gasteiger partial charge in [-0.05, 0) is 29.8 Å². The third-order valence-electron chi connectivity index (χ3n) is 2.88. The Morgan fingerprint density at radius 2 is 2.00 bits per heavy atom. The van der Waals surface area contributed by atoms with Crippen LogP contribution in [0.1, 0.15) is 18.2 Å². The maximum Gasteiger partial charge on any atom is 0.302 e. The zero-order chi connectivity index (χ0) is 14.9. The van der Waals surface area contributed by atoms with Crippen LogP contribution in [0.5, 0.6) is 0 Å². The monoisotopic (exact) mass is 285 g/mol. The van der Waals surface area contributed by atoms with Crippen molar-refractivity contribution in [2.75, 3.05) is 6.61 Å². The third kappa shape index (κ3) is 5.28. The van der Waals surface area contributed by atoms with E-state index < -0.39 is 0 Å². The molecule has 0 amide bonds. The highest BCUT2D eigenvalue weighted by Gasteiger charge is 1.98. The van der Waals surface area contributed by atoms with Crippen LogP contribution in [-0.2, 0) is 27.6 Å². The number of hydrogen-bond acceptors (Lipinski definition) is 3. The Hall–Kier alpha value is -2.33. The molecule has 0 aliphatic rings. The highest BCUT2D eigenvalue weighted by molar-refractivity contribution is 5.66. The molecule has 0 aliphatic heterocycles. The molecule has 0 spiro atoms. The van der Waals surface area contributed by atoms with Crippen LogP contribution in [0.2, 0.25) is 0 Å². The van der Waals surface area contributed by atoms with Gasteiger partial charge in [0.1, 0.15) is 13.3 Å². The van der Waals surface area contributed by atoms with Crippen LogP contribution < -0.4 is 0 Å². The number of aromatic nitrogens is 1. The maximum absolute atomic E-state index is 10.7. The van der Waals surface area contributed by atoms with E-state index in [-0.39, 0.29) is 12.6 Å². The zero-order valence-electron chi connectivity index (χ0n) is 12.1. The maximum atomic E-state index is 10.7. The van der Waals surface area contributed by atoms with Crippen LogP contribution in [0.15, 0.2) is 54.7 Å². The summed E-state index contributed by atoms with van der Waals surface area (Å²) in [5, 5.41) is 0. The fourth-order valence-electron chi connectivity index (χ4n) is 1.87. The Labute approximate surface area is 124 Å². The second-order valence-corrected chi connectivity index (χ2v) is 4.57. The summed E-state index contributed by atoms with van der Waals surface area (Å²) in [4.78, 5) is 10.7. The van der Waals surface area contributed by atoms with Gasteiger partial charge in [0.2, 0.25) is 0 Å². The molecule has 0 N–H and O–H groups in total. The van der Waals surface area contributed by atoms with Crippen LogP contribution in [0.4, 0.5) is 0 Å². The molecule has 2 aromatic rings. The first-order valence-corrected chi connectivity index (χ1v) is 6.82. The number of esters is 1. The Balaban J connectivity index is 1.81. The molecule has 0 saturated carbocycles. The number of rotatable bonds is 7. The quantitative estimate of drug-likeness (QED) is 0.733. The average Bonchev–Trinajstić information content (AvgIpc) is 2.92. The van der Waals surface area contributed by atoms with Crippen LogP contribution >= 0.6 is 0 Å². The lowest BCUT2D eigenvalue weighted by atomic mass is 10.2. The van der Waals surface area contributed by atoms with Gasteiger partial charge in [-0.25, -0.2) is 0 Å². The minimum absolute atomic E-state index is 0.277. The smallest absolute Gasteiger partial charge is 0.302 e. The molecule has 4 nitrogen and oxygen atoms in total. The summed E-state index contributed by atoms with van der Waals surface area (Å²) in [6, 6.07) is 14.0. The summed E-state index contributed by atoms with van der Waals surface area (Å²) in [6.07, 6.45) is 5.68. The van der Waals surface area contributed by atoms with Gasteiger partial charge in [0, 0.05) is 18.8 Å². The largest absolute Gasteiger partial charge is 0.462 e. The van der Waals surface area contributed by atoms with Gasteiger partial charge in [-0.15, -0.1) is 0 Å². The van der Waals surface area contributed by atoms with Crippen molar-refractivity contribution in [1.82, 2.24) is 4.57 Å². The van der Waals surface area contributed by atoms with E-state index >= 15 is 0 Å². The van der Waals surface area contributed by atoms with Crippen molar-refractivity contribution < 1.29 is 14.3 Å². The standard InChI is InChI=1S/C17H19NO3/c1-15(19)21-12-6-10-17-9-5-11-18(17)14-20-13-16-7-3-2-4-8-16/h2-11H,12-14H2,1H3/b10-6+. The van der Waals surface area contributed by atoms with Crippen LogP contribution in [0.25, 0.3) is 6.08 Å². The summed E-state index contributed by atoms with van der Waals surface area (Å²) in [5.74, 6) is -0.277. The molecule has 4 heteroatoms. The van der Waals surface area contributed by atoms with E-state index in [0.717, 1.165) is 11.3 Å². The van der Waals surface area contributed by atoms with E-state index in [0.29, 0.717) is 13.3 Å². The Bertz CT molecular complexity index is 587. The Morgan fingerprint density at radius 1 is 1.19 bits per heavy atom. The summed E-state index contributed by atoms with van der Waals surface area (Å²) in [6.45, 7) is 2.74. The first-order chi connectivity index (χ1) is 10.3. The third-order valence-corrected chi connectivity index (χ3v) is 2.88. The van der Waals surface area contributed by atoms with E-state index in [4.69, 9.17) is 9.47 Å². The molecule has 1 aromatic heterocycles. The minimum atomic E-state index is -0.277. The molecule has 0 aliphatic carbocycles. The lowest BCUT2D eigenvalue weighted by Gasteiger charge is -2.08. The highest BCUT2D eigenvalue weighted by atomic mass is 16.5. The molecular weight excluding hydrogens is 266 g/mol. The van der Waals surface area contributed by atoms with Crippen LogP contribution in [0, 0.1) is 0 Å². The van der Waals surface area contributed by atoms with Crippen LogP contribution in [-0.4, -0.2) is 17.1 Å². The fraction of sp³-hybridized carbons (Fsp3) is 0.235. The van der Waals surface area contributed by atoms with Crippen molar-refractivity contribution in [1.29, 1.82) is 0 Å². The number of carbonyl (C=O) groups excluding carboxylic acids is 1. The SMILES string of the molecule is CC(=O)OC/C=C/c1cccn1COCc1ccccc1. The van der Waals surface area contributed by atoms with Crippen molar-refractivity contribution in [3.05, 3.63) is 66.0 Å². The van der Waals surface area contributed by atoms with E-state index in [9.17, 15) is 4.79 Å². The fourth-order valence-corrected chi connectivity index (χ4v) is 1.87. The number of nitrogens with zero attached hydrogens (tertiary/aromatic N) is 1. The van der Waals surface area contributed by atoms with Gasteiger partial charge < -0.3 is 14.0 Å². The summed E-state index contributed by atoms with van der Waals surface area (Å²) in [5.41, 5.74) is 2.16. The molecule has 2 rings (SSSR count). The lowest BCUT2D eigenvalue weighted by Crippen LogP contribution is -2.03. The Morgan fingerprint density at radius 3 is 2.76 bits per heavy atom. The van der Waals surface area contributed by atoms with E-state index in [1.54, 1.807) is 0 Å². The molecule has 0 bridgehead atoms. The molecule has 0 saturated heterocycles. The predicted molar refractivity (Wildman–Crippen MR) is 81.3 cm³/mol. The minimum Gasteiger partial charge on any atom is -0.462 e. The molecule has 21 heavy (non-hydrogen) atoms. The van der Waals surface area contributed by atoms with Crippen LogP contribution in [0.3, 0.4) is 0 Å². The number of carbonyl (C=O) groups is 1. The average molecular weight is 285 g/mol. The lowest BCUT2D eigenvalue weighted by molar-refractivity contribution is -0.139. The molecular formula is C17H19NO3. The number of benzene rings is 1. The van der Waals surface area contributed by atoms with Gasteiger partial charge in [-0.2, -0.15) is 0 Å². The van der Waals surface area contributed by atoms with Crippen molar-refractivity contribution in [3.63, 3.8) is 0 Å². The Kier molecular flexibility index (Phi) is 5.79. The van der Waals surface area contributed by atoms with Gasteiger partial charge in [0.05, 0.1) is 6.61 Å². The van der Waals surface area contributed by atoms with E-state index in [1.807, 2.05) is 65.4 Å². The molecule has 0 atom stereocenters. The van der Waals surface area contributed by atoms with Crippen molar-refractivity contribution >= 4 is 12.0 Å². The highest BCUT2D eigenvalue weighted by Crippen LogP contribution is 2.07. The van der Waals surface area contributed by atoms with Crippen molar-refractivity contribution in [2.45, 2.75) is 20.3 Å². The van der Waals surface area contributed by atoms with Crippen molar-refractivity contribution in [3.8, 4) is 0 Å². The first-order valence-electron chi connectivity index (χ1n) is 6.82. The van der Waals surface area contributed by atoms with Gasteiger partial charge in [-0.3, -0.25) is 4.79 Å². The number of ether oxygens (including phenoxy) is 2. The molecule has 1 aromatic carbocycles. The molecule has 110 valence electrons. The molecule has 0 fully saturated rings. The topological polar surface area (TPSA) is 40.5 Å².